The van der Waals surface area contributed by atoms with Crippen LogP contribution >= 0.6 is 23.5 Å². The number of benzene rings is 2. The Kier molecular flexibility index (Phi) is 8.20. The van der Waals surface area contributed by atoms with Gasteiger partial charge in [-0.15, -0.1) is 0 Å². The van der Waals surface area contributed by atoms with E-state index in [-0.39, 0.29) is 5.56 Å². The van der Waals surface area contributed by atoms with Crippen molar-refractivity contribution in [2.75, 3.05) is 6.61 Å². The molecule has 0 spiro atoms. The summed E-state index contributed by atoms with van der Waals surface area (Å²) in [6.07, 6.45) is -5.78. The summed E-state index contributed by atoms with van der Waals surface area (Å²) in [5.74, 6) is -0.599. The molecule has 226 valence electrons. The monoisotopic (exact) mass is 648 g/mol. The molecule has 1 aromatic heterocycles. The van der Waals surface area contributed by atoms with Gasteiger partial charge in [-0.05, 0) is 22.3 Å². The van der Waals surface area contributed by atoms with E-state index in [2.05, 4.69) is 18.1 Å². The molecule has 1 aliphatic heterocycles. The largest absolute Gasteiger partial charge is 0.490 e. The van der Waals surface area contributed by atoms with E-state index in [1.807, 2.05) is 36.4 Å². The van der Waals surface area contributed by atoms with E-state index in [9.17, 15) is 43.3 Å². The molecule has 42 heavy (non-hydrogen) atoms. The first-order valence-electron chi connectivity index (χ1n) is 11.9. The fourth-order valence-electron chi connectivity index (χ4n) is 4.95. The minimum atomic E-state index is -5.79. The maximum atomic E-state index is 13.0. The quantitative estimate of drug-likeness (QED) is 0.123. The van der Waals surface area contributed by atoms with Gasteiger partial charge in [-0.2, -0.15) is 8.62 Å². The lowest BCUT2D eigenvalue weighted by molar-refractivity contribution is -0.0543. The second-order valence-corrected chi connectivity index (χ2v) is 13.7. The number of rotatable bonds is 9. The molecular formula is C22H23N2O15P3. The fourth-order valence-corrected chi connectivity index (χ4v) is 7.98. The van der Waals surface area contributed by atoms with Gasteiger partial charge in [0.05, 0.1) is 6.61 Å². The van der Waals surface area contributed by atoms with Crippen LogP contribution in [-0.4, -0.2) is 64.3 Å². The summed E-state index contributed by atoms with van der Waals surface area (Å²) in [6.45, 7) is -1.08. The summed E-state index contributed by atoms with van der Waals surface area (Å²) in [4.78, 5) is 64.2. The molecule has 5 rings (SSSR count). The Bertz CT molecular complexity index is 1740. The SMILES string of the molecule is O=c1[nH]c(=O)n([C@@H]2O[C@H](COP(=O)(O)OP(=O)(O)OP(=O)(O)O)[C@@H](O)[C@H]2O)cc1C1c2ccccc2-c2ccccc21. The zero-order chi connectivity index (χ0) is 30.6. The first-order chi connectivity index (χ1) is 19.6. The van der Waals surface area contributed by atoms with Crippen LogP contribution in [0, 0.1) is 0 Å². The van der Waals surface area contributed by atoms with Gasteiger partial charge in [0.15, 0.2) is 6.23 Å². The highest BCUT2D eigenvalue weighted by atomic mass is 31.3. The van der Waals surface area contributed by atoms with Gasteiger partial charge in [0.25, 0.3) is 5.56 Å². The van der Waals surface area contributed by atoms with Crippen molar-refractivity contribution in [1.29, 1.82) is 0 Å². The minimum absolute atomic E-state index is 0.119. The minimum Gasteiger partial charge on any atom is -0.387 e. The molecule has 6 atom stereocenters. The second kappa shape index (κ2) is 11.2. The number of aliphatic hydroxyl groups excluding tert-OH is 2. The van der Waals surface area contributed by atoms with Crippen LogP contribution in [0.1, 0.15) is 28.8 Å². The number of phosphoric acid groups is 3. The van der Waals surface area contributed by atoms with Crippen molar-refractivity contribution in [2.24, 2.45) is 0 Å². The van der Waals surface area contributed by atoms with Crippen LogP contribution in [0.4, 0.5) is 0 Å². The zero-order valence-electron chi connectivity index (χ0n) is 20.9. The van der Waals surface area contributed by atoms with Gasteiger partial charge in [-0.3, -0.25) is 18.9 Å². The normalized spacial score (nSPS) is 25.0. The van der Waals surface area contributed by atoms with E-state index in [1.165, 1.54) is 6.20 Å². The summed E-state index contributed by atoms with van der Waals surface area (Å²) in [5.41, 5.74) is 1.75. The summed E-state index contributed by atoms with van der Waals surface area (Å²) < 4.78 is 52.4. The number of aromatic nitrogens is 2. The van der Waals surface area contributed by atoms with E-state index in [1.54, 1.807) is 12.1 Å². The van der Waals surface area contributed by atoms with Crippen molar-refractivity contribution in [3.63, 3.8) is 0 Å². The molecule has 0 radical (unpaired) electrons. The number of aliphatic hydroxyl groups is 2. The average molecular weight is 648 g/mol. The lowest BCUT2D eigenvalue weighted by Gasteiger charge is -2.20. The molecule has 2 aliphatic rings. The number of nitrogens with zero attached hydrogens (tertiary/aromatic N) is 1. The van der Waals surface area contributed by atoms with Crippen molar-refractivity contribution < 1.29 is 61.4 Å². The molecule has 2 heterocycles. The zero-order valence-corrected chi connectivity index (χ0v) is 23.6. The van der Waals surface area contributed by atoms with Gasteiger partial charge in [0.2, 0.25) is 0 Å². The third-order valence-electron chi connectivity index (χ3n) is 6.57. The number of hydrogen-bond donors (Lipinski definition) is 7. The molecule has 7 N–H and O–H groups in total. The first-order valence-corrected chi connectivity index (χ1v) is 16.4. The lowest BCUT2D eigenvalue weighted by Crippen LogP contribution is -2.39. The molecule has 0 amide bonds. The number of fused-ring (bicyclic) bond motifs is 3. The molecular weight excluding hydrogens is 625 g/mol. The Morgan fingerprint density at radius 3 is 1.95 bits per heavy atom. The van der Waals surface area contributed by atoms with Crippen LogP contribution in [0.15, 0.2) is 64.3 Å². The molecule has 1 fully saturated rings. The first kappa shape index (κ1) is 30.9. The Morgan fingerprint density at radius 1 is 0.810 bits per heavy atom. The van der Waals surface area contributed by atoms with Crippen LogP contribution in [-0.2, 0) is 31.6 Å². The van der Waals surface area contributed by atoms with Crippen molar-refractivity contribution >= 4 is 23.5 Å². The Hall–Kier alpha value is -2.59. The topological polar surface area (TPSA) is 264 Å². The van der Waals surface area contributed by atoms with Gasteiger partial charge in [-0.1, -0.05) is 48.5 Å². The maximum absolute atomic E-state index is 13.0. The van der Waals surface area contributed by atoms with Crippen LogP contribution in [0.3, 0.4) is 0 Å². The Morgan fingerprint density at radius 2 is 1.38 bits per heavy atom. The number of nitrogens with one attached hydrogen (secondary N) is 1. The number of aromatic amines is 1. The summed E-state index contributed by atoms with van der Waals surface area (Å²) in [5, 5.41) is 21.1. The second-order valence-electron chi connectivity index (χ2n) is 9.29. The highest BCUT2D eigenvalue weighted by molar-refractivity contribution is 7.66. The highest BCUT2D eigenvalue weighted by Gasteiger charge is 2.47. The summed E-state index contributed by atoms with van der Waals surface area (Å²) in [6, 6.07) is 14.7. The van der Waals surface area contributed by atoms with Gasteiger partial charge in [0, 0.05) is 17.7 Å². The third kappa shape index (κ3) is 6.20. The number of phosphoric ester groups is 1. The van der Waals surface area contributed by atoms with Gasteiger partial charge in [-0.25, -0.2) is 18.5 Å². The standard InChI is InChI=1S/C22H23N2O15P3/c25-18-16(10-36-41(32,33)39-42(34,35)38-40(29,30)31)37-21(19(18)26)24-9-15(20(27)23-22(24)28)17-13-7-3-1-5-11(13)12-6-2-4-8-14(12)17/h1-9,16-19,21,25-26H,10H2,(H,32,33)(H,34,35)(H,23,27,28)(H2,29,30,31)/t16-,18-,19-,21-/m1/s1. The predicted molar refractivity (Wildman–Crippen MR) is 140 cm³/mol. The predicted octanol–water partition coefficient (Wildman–Crippen LogP) is 0.660. The molecule has 1 aliphatic carbocycles. The van der Waals surface area contributed by atoms with Crippen molar-refractivity contribution in [3.8, 4) is 11.1 Å². The summed E-state index contributed by atoms with van der Waals surface area (Å²) in [7, 11) is -17.0. The average Bonchev–Trinajstić information content (AvgIpc) is 3.35. The molecule has 3 aromatic rings. The molecule has 2 aromatic carbocycles. The molecule has 20 heteroatoms. The third-order valence-corrected chi connectivity index (χ3v) is 10.4. The Labute approximate surface area is 235 Å². The fraction of sp³-hybridized carbons (Fsp3) is 0.273. The van der Waals surface area contributed by atoms with Crippen LogP contribution < -0.4 is 11.2 Å². The van der Waals surface area contributed by atoms with Crippen LogP contribution in [0.25, 0.3) is 11.1 Å². The Balaban J connectivity index is 1.40. The van der Waals surface area contributed by atoms with Crippen LogP contribution in [0.5, 0.6) is 0 Å². The number of hydrogen-bond acceptors (Lipinski definition) is 11. The maximum Gasteiger partial charge on any atom is 0.490 e. The van der Waals surface area contributed by atoms with Crippen molar-refractivity contribution in [2.45, 2.75) is 30.5 Å². The van der Waals surface area contributed by atoms with Crippen molar-refractivity contribution in [3.05, 3.63) is 92.3 Å². The highest BCUT2D eigenvalue weighted by Crippen LogP contribution is 2.66. The lowest BCUT2D eigenvalue weighted by atomic mass is 9.91. The van der Waals surface area contributed by atoms with E-state index in [0.29, 0.717) is 0 Å². The van der Waals surface area contributed by atoms with Crippen molar-refractivity contribution in [1.82, 2.24) is 9.55 Å². The molecule has 0 saturated carbocycles. The smallest absolute Gasteiger partial charge is 0.387 e. The van der Waals surface area contributed by atoms with E-state index >= 15 is 0 Å². The number of H-pyrrole nitrogens is 1. The van der Waals surface area contributed by atoms with E-state index < -0.39 is 71.8 Å². The van der Waals surface area contributed by atoms with Gasteiger partial charge < -0.3 is 34.5 Å². The van der Waals surface area contributed by atoms with Gasteiger partial charge in [0.1, 0.15) is 18.3 Å². The van der Waals surface area contributed by atoms with E-state index in [4.69, 9.17) is 14.5 Å². The molecule has 2 unspecified atom stereocenters. The molecule has 0 bridgehead atoms. The van der Waals surface area contributed by atoms with E-state index in [0.717, 1.165) is 26.8 Å². The van der Waals surface area contributed by atoms with Crippen LogP contribution in [0.2, 0.25) is 0 Å². The number of ether oxygens (including phenoxy) is 1. The molecule has 1 saturated heterocycles. The molecule has 17 nitrogen and oxygen atoms in total. The van der Waals surface area contributed by atoms with Gasteiger partial charge >= 0.3 is 29.2 Å². The summed E-state index contributed by atoms with van der Waals surface area (Å²) >= 11 is 0.